The second kappa shape index (κ2) is 8.14. The maximum absolute atomic E-state index is 12.0. The molecule has 6 nitrogen and oxygen atoms in total. The van der Waals surface area contributed by atoms with Crippen LogP contribution in [0.4, 0.5) is 10.5 Å². The summed E-state index contributed by atoms with van der Waals surface area (Å²) in [6.45, 7) is 8.22. The van der Waals surface area contributed by atoms with Gasteiger partial charge in [0.05, 0.1) is 6.61 Å². The lowest BCUT2D eigenvalue weighted by molar-refractivity contribution is 0.168. The van der Waals surface area contributed by atoms with Crippen LogP contribution in [-0.4, -0.2) is 41.2 Å². The van der Waals surface area contributed by atoms with Crippen LogP contribution in [0, 0.1) is 0 Å². The summed E-state index contributed by atoms with van der Waals surface area (Å²) < 4.78 is 10.2. The first-order valence-corrected chi connectivity index (χ1v) is 9.89. The van der Waals surface area contributed by atoms with Gasteiger partial charge in [0.1, 0.15) is 5.58 Å². The number of anilines is 1. The Morgan fingerprint density at radius 3 is 2.96 bits per heavy atom. The van der Waals surface area contributed by atoms with Gasteiger partial charge in [0.2, 0.25) is 0 Å². The Morgan fingerprint density at radius 2 is 2.19 bits per heavy atom. The third-order valence-corrected chi connectivity index (χ3v) is 6.08. The Hall–Kier alpha value is -1.99. The molecule has 0 bridgehead atoms. The molecule has 7 heteroatoms. The molecule has 0 spiro atoms. The van der Waals surface area contributed by atoms with Gasteiger partial charge in [-0.3, -0.25) is 10.2 Å². The second-order valence-corrected chi connectivity index (χ2v) is 7.92. The SMILES string of the molecule is CCOC(=O)Nc1ccc2c(CN3CCSC(C)C3C)cc(=O)oc2c1. The van der Waals surface area contributed by atoms with Crippen LogP contribution >= 0.6 is 11.8 Å². The lowest BCUT2D eigenvalue weighted by atomic mass is 10.1. The molecule has 1 aliphatic heterocycles. The van der Waals surface area contributed by atoms with Crippen LogP contribution in [0.25, 0.3) is 11.0 Å². The molecule has 1 N–H and O–H groups in total. The molecular weight excluding hydrogens is 352 g/mol. The van der Waals surface area contributed by atoms with Crippen molar-refractivity contribution in [2.75, 3.05) is 24.2 Å². The minimum Gasteiger partial charge on any atom is -0.450 e. The maximum Gasteiger partial charge on any atom is 0.411 e. The molecule has 0 saturated carbocycles. The number of carbonyl (C=O) groups is 1. The molecule has 2 atom stereocenters. The number of hydrogen-bond donors (Lipinski definition) is 1. The highest BCUT2D eigenvalue weighted by Crippen LogP contribution is 2.28. The van der Waals surface area contributed by atoms with Crippen molar-refractivity contribution in [3.8, 4) is 0 Å². The predicted octanol–water partition coefficient (Wildman–Crippen LogP) is 3.69. The van der Waals surface area contributed by atoms with Crippen molar-refractivity contribution >= 4 is 34.5 Å². The topological polar surface area (TPSA) is 71.8 Å². The Kier molecular flexibility index (Phi) is 5.88. The zero-order valence-electron chi connectivity index (χ0n) is 15.3. The number of ether oxygens (including phenoxy) is 1. The van der Waals surface area contributed by atoms with Crippen molar-refractivity contribution in [2.45, 2.75) is 38.6 Å². The number of nitrogens with one attached hydrogen (secondary N) is 1. The summed E-state index contributed by atoms with van der Waals surface area (Å²) in [4.78, 5) is 26.0. The molecule has 1 amide bonds. The van der Waals surface area contributed by atoms with Crippen molar-refractivity contribution in [1.29, 1.82) is 0 Å². The van der Waals surface area contributed by atoms with Gasteiger partial charge in [-0.2, -0.15) is 11.8 Å². The van der Waals surface area contributed by atoms with Gasteiger partial charge >= 0.3 is 11.7 Å². The van der Waals surface area contributed by atoms with Gasteiger partial charge in [-0.05, 0) is 31.5 Å². The molecule has 1 aromatic heterocycles. The first-order chi connectivity index (χ1) is 12.5. The summed E-state index contributed by atoms with van der Waals surface area (Å²) in [5.41, 5.74) is 1.57. The Balaban J connectivity index is 1.88. The minimum absolute atomic E-state index is 0.295. The summed E-state index contributed by atoms with van der Waals surface area (Å²) in [5.74, 6) is 1.10. The first kappa shape index (κ1) is 18.8. The summed E-state index contributed by atoms with van der Waals surface area (Å²) >= 11 is 1.98. The number of benzene rings is 1. The molecule has 2 unspecified atom stereocenters. The molecule has 0 aliphatic carbocycles. The van der Waals surface area contributed by atoms with E-state index in [4.69, 9.17) is 9.15 Å². The van der Waals surface area contributed by atoms with E-state index in [0.29, 0.717) is 35.7 Å². The molecule has 140 valence electrons. The predicted molar refractivity (Wildman–Crippen MR) is 105 cm³/mol. The fourth-order valence-electron chi connectivity index (χ4n) is 3.16. The average Bonchev–Trinajstić information content (AvgIpc) is 2.58. The summed E-state index contributed by atoms with van der Waals surface area (Å²) in [6.07, 6.45) is -0.529. The Morgan fingerprint density at radius 1 is 1.38 bits per heavy atom. The fraction of sp³-hybridized carbons (Fsp3) is 0.474. The number of carbonyl (C=O) groups excluding carboxylic acids is 1. The molecule has 2 aromatic rings. The highest BCUT2D eigenvalue weighted by molar-refractivity contribution is 8.00. The van der Waals surface area contributed by atoms with E-state index >= 15 is 0 Å². The molecule has 1 aromatic carbocycles. The van der Waals surface area contributed by atoms with Crippen LogP contribution in [0.2, 0.25) is 0 Å². The molecule has 1 saturated heterocycles. The highest BCUT2D eigenvalue weighted by atomic mass is 32.2. The lowest BCUT2D eigenvalue weighted by Gasteiger charge is -2.37. The third kappa shape index (κ3) is 4.22. The van der Waals surface area contributed by atoms with E-state index in [2.05, 4.69) is 24.1 Å². The first-order valence-electron chi connectivity index (χ1n) is 8.84. The van der Waals surface area contributed by atoms with Crippen LogP contribution in [0.5, 0.6) is 0 Å². The molecule has 1 fully saturated rings. The monoisotopic (exact) mass is 376 g/mol. The van der Waals surface area contributed by atoms with Crippen LogP contribution in [0.3, 0.4) is 0 Å². The van der Waals surface area contributed by atoms with Gasteiger partial charge in [0.15, 0.2) is 0 Å². The van der Waals surface area contributed by atoms with Crippen molar-refractivity contribution < 1.29 is 13.9 Å². The smallest absolute Gasteiger partial charge is 0.411 e. The number of thioether (sulfide) groups is 1. The van der Waals surface area contributed by atoms with Gasteiger partial charge in [-0.25, -0.2) is 9.59 Å². The van der Waals surface area contributed by atoms with Crippen LogP contribution in [-0.2, 0) is 11.3 Å². The van der Waals surface area contributed by atoms with E-state index in [0.717, 1.165) is 23.2 Å². The summed E-state index contributed by atoms with van der Waals surface area (Å²) in [6, 6.07) is 7.35. The van der Waals surface area contributed by atoms with Gasteiger partial charge in [0, 0.05) is 53.3 Å². The number of rotatable bonds is 4. The molecule has 0 radical (unpaired) electrons. The maximum atomic E-state index is 12.0. The van der Waals surface area contributed by atoms with E-state index in [1.54, 1.807) is 25.1 Å². The van der Waals surface area contributed by atoms with Crippen molar-refractivity contribution in [3.05, 3.63) is 40.2 Å². The fourth-order valence-corrected chi connectivity index (χ4v) is 4.32. The average molecular weight is 376 g/mol. The van der Waals surface area contributed by atoms with Crippen molar-refractivity contribution in [2.24, 2.45) is 0 Å². The normalized spacial score (nSPS) is 20.9. The highest BCUT2D eigenvalue weighted by Gasteiger charge is 2.25. The number of nitrogens with zero attached hydrogens (tertiary/aromatic N) is 1. The van der Waals surface area contributed by atoms with E-state index in [1.165, 1.54) is 0 Å². The Labute approximate surface area is 156 Å². The molecule has 26 heavy (non-hydrogen) atoms. The summed E-state index contributed by atoms with van der Waals surface area (Å²) in [7, 11) is 0. The van der Waals surface area contributed by atoms with Crippen molar-refractivity contribution in [3.63, 3.8) is 0 Å². The van der Waals surface area contributed by atoms with Gasteiger partial charge in [-0.15, -0.1) is 0 Å². The molecular formula is C19H24N2O4S. The second-order valence-electron chi connectivity index (χ2n) is 6.43. The van der Waals surface area contributed by atoms with E-state index in [1.807, 2.05) is 17.8 Å². The van der Waals surface area contributed by atoms with Crippen LogP contribution < -0.4 is 10.9 Å². The summed E-state index contributed by atoms with van der Waals surface area (Å²) in [5, 5.41) is 4.08. The van der Waals surface area contributed by atoms with E-state index < -0.39 is 6.09 Å². The number of amides is 1. The Bertz CT molecular complexity index is 851. The zero-order chi connectivity index (χ0) is 18.7. The largest absolute Gasteiger partial charge is 0.450 e. The molecule has 2 heterocycles. The number of hydrogen-bond acceptors (Lipinski definition) is 6. The van der Waals surface area contributed by atoms with E-state index in [-0.39, 0.29) is 5.63 Å². The standard InChI is InChI=1S/C19H24N2O4S/c1-4-24-19(23)20-15-5-6-16-14(9-18(22)25-17(16)10-15)11-21-7-8-26-13(3)12(21)2/h5-6,9-10,12-13H,4,7-8,11H2,1-3H3,(H,20,23). The van der Waals surface area contributed by atoms with E-state index in [9.17, 15) is 9.59 Å². The molecule has 1 aliphatic rings. The van der Waals surface area contributed by atoms with Crippen molar-refractivity contribution in [1.82, 2.24) is 4.90 Å². The minimum atomic E-state index is -0.529. The van der Waals surface area contributed by atoms with Gasteiger partial charge < -0.3 is 9.15 Å². The quantitative estimate of drug-likeness (QED) is 0.821. The number of fused-ring (bicyclic) bond motifs is 1. The molecule has 3 rings (SSSR count). The van der Waals surface area contributed by atoms with Crippen LogP contribution in [0.15, 0.2) is 33.5 Å². The van der Waals surface area contributed by atoms with Crippen LogP contribution in [0.1, 0.15) is 26.3 Å². The van der Waals surface area contributed by atoms with Gasteiger partial charge in [-0.1, -0.05) is 6.92 Å². The third-order valence-electron chi connectivity index (χ3n) is 4.74. The lowest BCUT2D eigenvalue weighted by Crippen LogP contribution is -2.44. The van der Waals surface area contributed by atoms with Gasteiger partial charge in [0.25, 0.3) is 0 Å². The zero-order valence-corrected chi connectivity index (χ0v) is 16.1.